The molecule has 0 N–H and O–H groups in total. The van der Waals surface area contributed by atoms with Crippen LogP contribution in [0.25, 0.3) is 0 Å². The summed E-state index contributed by atoms with van der Waals surface area (Å²) < 4.78 is 6.70. The topological polar surface area (TPSA) is 32.8 Å². The number of amides is 1. The molecule has 0 atom stereocenters. The van der Waals surface area contributed by atoms with Crippen LogP contribution in [0.5, 0.6) is 0 Å². The van der Waals surface area contributed by atoms with Crippen LogP contribution in [0.2, 0.25) is 0 Å². The maximum absolute atomic E-state index is 12.2. The molecule has 1 aromatic carbocycles. The van der Waals surface area contributed by atoms with Crippen molar-refractivity contribution < 1.29 is 9.53 Å². The molecule has 0 unspecified atom stereocenters. The largest absolute Gasteiger partial charge is 0.444 e. The summed E-state index contributed by atoms with van der Waals surface area (Å²) in [6.07, 6.45) is 5.43. The monoisotopic (exact) mass is 454 g/mol. The third kappa shape index (κ3) is 5.11. The van der Waals surface area contributed by atoms with Crippen molar-refractivity contribution in [3.05, 3.63) is 31.9 Å². The van der Waals surface area contributed by atoms with Gasteiger partial charge < -0.3 is 9.64 Å². The summed E-state index contributed by atoms with van der Waals surface area (Å²) in [6.45, 7) is 13.8. The molecule has 0 bridgehead atoms. The predicted molar refractivity (Wildman–Crippen MR) is 110 cm³/mol. The summed E-state index contributed by atoms with van der Waals surface area (Å²) in [5, 5.41) is 0. The second kappa shape index (κ2) is 7.96. The Morgan fingerprint density at radius 2 is 1.84 bits per heavy atom. The molecule has 0 aromatic heterocycles. The lowest BCUT2D eigenvalue weighted by atomic mass is 9.99. The number of ether oxygens (including phenoxy) is 1. The van der Waals surface area contributed by atoms with E-state index >= 15 is 0 Å². The highest BCUT2D eigenvalue weighted by Gasteiger charge is 2.26. The molecule has 1 aliphatic heterocycles. The van der Waals surface area contributed by atoms with E-state index < -0.39 is 5.60 Å². The molecule has 1 amide bonds. The lowest BCUT2D eigenvalue weighted by Crippen LogP contribution is -2.49. The Morgan fingerprint density at radius 3 is 2.36 bits per heavy atom. The third-order valence-corrected chi connectivity index (χ3v) is 6.05. The molecule has 5 heteroatoms. The molecule has 1 aliphatic rings. The fourth-order valence-corrected chi connectivity index (χ4v) is 3.54. The summed E-state index contributed by atoms with van der Waals surface area (Å²) in [4.78, 5) is 16.3. The molecular formula is C20H27IN2O2. The highest BCUT2D eigenvalue weighted by Crippen LogP contribution is 2.25. The molecule has 1 heterocycles. The molecule has 1 fully saturated rings. The standard InChI is InChI=1S/C20H27IN2O2/c1-7-16-12-17(15(3)18(21)14(16)2)13-22-8-10-23(11-9-22)19(24)25-20(4,5)6/h1,12H,8-11,13H2,2-6H3. The highest BCUT2D eigenvalue weighted by molar-refractivity contribution is 14.1. The predicted octanol–water partition coefficient (Wildman–Crippen LogP) is 3.94. The van der Waals surface area contributed by atoms with Crippen molar-refractivity contribution in [3.8, 4) is 12.3 Å². The van der Waals surface area contributed by atoms with Gasteiger partial charge in [0.1, 0.15) is 5.60 Å². The van der Waals surface area contributed by atoms with Crippen LogP contribution in [0.15, 0.2) is 6.07 Å². The van der Waals surface area contributed by atoms with Gasteiger partial charge in [0.15, 0.2) is 0 Å². The molecule has 1 saturated heterocycles. The third-order valence-electron chi connectivity index (χ3n) is 4.44. The molecule has 4 nitrogen and oxygen atoms in total. The van der Waals surface area contributed by atoms with Crippen LogP contribution in [0.3, 0.4) is 0 Å². The van der Waals surface area contributed by atoms with Gasteiger partial charge >= 0.3 is 6.09 Å². The molecular weight excluding hydrogens is 427 g/mol. The van der Waals surface area contributed by atoms with E-state index in [4.69, 9.17) is 11.2 Å². The van der Waals surface area contributed by atoms with Gasteiger partial charge in [-0.1, -0.05) is 5.92 Å². The first-order valence-electron chi connectivity index (χ1n) is 8.58. The second-order valence-electron chi connectivity index (χ2n) is 7.54. The first kappa shape index (κ1) is 20.1. The van der Waals surface area contributed by atoms with Crippen LogP contribution in [-0.2, 0) is 11.3 Å². The van der Waals surface area contributed by atoms with Crippen molar-refractivity contribution in [1.29, 1.82) is 0 Å². The Morgan fingerprint density at radius 1 is 1.24 bits per heavy atom. The Kier molecular flexibility index (Phi) is 6.39. The van der Waals surface area contributed by atoms with Gasteiger partial charge in [-0.25, -0.2) is 4.79 Å². The van der Waals surface area contributed by atoms with E-state index in [0.717, 1.165) is 25.2 Å². The molecule has 0 saturated carbocycles. The minimum absolute atomic E-state index is 0.220. The molecule has 0 aliphatic carbocycles. The van der Waals surface area contributed by atoms with Crippen molar-refractivity contribution in [1.82, 2.24) is 9.80 Å². The Labute approximate surface area is 165 Å². The number of nitrogens with zero attached hydrogens (tertiary/aromatic N) is 2. The van der Waals surface area contributed by atoms with E-state index in [2.05, 4.69) is 53.3 Å². The number of halogens is 1. The summed E-state index contributed by atoms with van der Waals surface area (Å²) in [5.41, 5.74) is 4.27. The minimum Gasteiger partial charge on any atom is -0.444 e. The van der Waals surface area contributed by atoms with Crippen molar-refractivity contribution >= 4 is 28.7 Å². The summed E-state index contributed by atoms with van der Waals surface area (Å²) >= 11 is 2.38. The molecule has 136 valence electrons. The maximum atomic E-state index is 12.2. The quantitative estimate of drug-likeness (QED) is 0.502. The fraction of sp³-hybridized carbons (Fsp3) is 0.550. The van der Waals surface area contributed by atoms with Gasteiger partial charge in [0, 0.05) is 41.9 Å². The number of hydrogen-bond acceptors (Lipinski definition) is 3. The normalized spacial score (nSPS) is 15.8. The molecule has 2 rings (SSSR count). The number of piperazine rings is 1. The molecule has 1 aromatic rings. The number of rotatable bonds is 2. The zero-order chi connectivity index (χ0) is 18.8. The van der Waals surface area contributed by atoms with Gasteiger partial charge in [-0.3, -0.25) is 4.90 Å². The minimum atomic E-state index is -0.449. The number of carbonyl (C=O) groups is 1. The Balaban J connectivity index is 2.00. The highest BCUT2D eigenvalue weighted by atomic mass is 127. The summed E-state index contributed by atoms with van der Waals surface area (Å²) in [5.74, 6) is 2.79. The molecule has 0 radical (unpaired) electrons. The Hall–Kier alpha value is -1.26. The lowest BCUT2D eigenvalue weighted by molar-refractivity contribution is 0.0139. The van der Waals surface area contributed by atoms with Crippen LogP contribution in [0, 0.1) is 29.8 Å². The van der Waals surface area contributed by atoms with Crippen molar-refractivity contribution in [2.45, 2.75) is 46.8 Å². The summed E-state index contributed by atoms with van der Waals surface area (Å²) in [7, 11) is 0. The van der Waals surface area contributed by atoms with E-state index in [1.807, 2.05) is 20.8 Å². The van der Waals surface area contributed by atoms with Gasteiger partial charge in [-0.15, -0.1) is 6.42 Å². The number of terminal acetylenes is 1. The molecule has 25 heavy (non-hydrogen) atoms. The summed E-state index contributed by atoms with van der Waals surface area (Å²) in [6, 6.07) is 2.13. The number of carbonyl (C=O) groups excluding carboxylic acids is 1. The van der Waals surface area contributed by atoms with E-state index in [0.29, 0.717) is 13.1 Å². The van der Waals surface area contributed by atoms with Crippen molar-refractivity contribution in [2.75, 3.05) is 26.2 Å². The van der Waals surface area contributed by atoms with Gasteiger partial charge in [0.2, 0.25) is 0 Å². The van der Waals surface area contributed by atoms with E-state index in [-0.39, 0.29) is 6.09 Å². The van der Waals surface area contributed by atoms with Gasteiger partial charge in [0.05, 0.1) is 0 Å². The maximum Gasteiger partial charge on any atom is 0.410 e. The average molecular weight is 454 g/mol. The lowest BCUT2D eigenvalue weighted by Gasteiger charge is -2.36. The Bertz CT molecular complexity index is 693. The van der Waals surface area contributed by atoms with Crippen LogP contribution in [0.1, 0.15) is 43.0 Å². The SMILES string of the molecule is C#Cc1cc(CN2CCN(C(=O)OC(C)(C)C)CC2)c(C)c(I)c1C. The van der Waals surface area contributed by atoms with Gasteiger partial charge in [-0.2, -0.15) is 0 Å². The van der Waals surface area contributed by atoms with E-state index in [1.165, 1.54) is 20.3 Å². The van der Waals surface area contributed by atoms with Crippen LogP contribution in [0.4, 0.5) is 4.79 Å². The van der Waals surface area contributed by atoms with Gasteiger partial charge in [0.25, 0.3) is 0 Å². The zero-order valence-electron chi connectivity index (χ0n) is 15.8. The van der Waals surface area contributed by atoms with Crippen LogP contribution < -0.4 is 0 Å². The van der Waals surface area contributed by atoms with Gasteiger partial charge in [-0.05, 0) is 80.0 Å². The average Bonchev–Trinajstić information content (AvgIpc) is 2.54. The van der Waals surface area contributed by atoms with E-state index in [9.17, 15) is 4.79 Å². The van der Waals surface area contributed by atoms with Crippen molar-refractivity contribution in [2.24, 2.45) is 0 Å². The zero-order valence-corrected chi connectivity index (χ0v) is 17.9. The second-order valence-corrected chi connectivity index (χ2v) is 8.61. The molecule has 0 spiro atoms. The fourth-order valence-electron chi connectivity index (χ4n) is 2.90. The van der Waals surface area contributed by atoms with Crippen LogP contribution >= 0.6 is 22.6 Å². The first-order valence-corrected chi connectivity index (χ1v) is 9.65. The number of hydrogen-bond donors (Lipinski definition) is 0. The van der Waals surface area contributed by atoms with Crippen LogP contribution in [-0.4, -0.2) is 47.7 Å². The number of benzene rings is 1. The van der Waals surface area contributed by atoms with Crippen molar-refractivity contribution in [3.63, 3.8) is 0 Å². The first-order chi connectivity index (χ1) is 11.6. The smallest absolute Gasteiger partial charge is 0.410 e. The van der Waals surface area contributed by atoms with E-state index in [1.54, 1.807) is 4.90 Å².